The fourth-order valence-electron chi connectivity index (χ4n) is 1.52. The van der Waals surface area contributed by atoms with Crippen molar-refractivity contribution in [1.29, 1.82) is 0 Å². The lowest BCUT2D eigenvalue weighted by molar-refractivity contribution is -0.137. The highest BCUT2D eigenvalue weighted by Gasteiger charge is 2.12. The Morgan fingerprint density at radius 3 is 2.79 bits per heavy atom. The zero-order valence-electron chi connectivity index (χ0n) is 10.8. The van der Waals surface area contributed by atoms with Gasteiger partial charge in [0.05, 0.1) is 6.42 Å². The first kappa shape index (κ1) is 15.3. The van der Waals surface area contributed by atoms with Gasteiger partial charge < -0.3 is 15.2 Å². The molecule has 0 spiro atoms. The monoisotopic (exact) mass is 285 g/mol. The lowest BCUT2D eigenvalue weighted by atomic mass is 10.2. The topological polar surface area (TPSA) is 75.6 Å². The SMILES string of the molecule is Cc1c(Cl)cccc1OCC(=O)NC(C)CC(=O)O. The minimum Gasteiger partial charge on any atom is -0.483 e. The molecular formula is C13H16ClNO4. The molecule has 1 unspecified atom stereocenters. The third kappa shape index (κ3) is 5.18. The van der Waals surface area contributed by atoms with Crippen LogP contribution in [0.25, 0.3) is 0 Å². The van der Waals surface area contributed by atoms with Gasteiger partial charge in [-0.15, -0.1) is 0 Å². The normalized spacial score (nSPS) is 11.7. The molecule has 0 bridgehead atoms. The number of carbonyl (C=O) groups is 2. The third-order valence-electron chi connectivity index (χ3n) is 2.46. The average molecular weight is 286 g/mol. The molecular weight excluding hydrogens is 270 g/mol. The van der Waals surface area contributed by atoms with Crippen molar-refractivity contribution in [2.24, 2.45) is 0 Å². The lowest BCUT2D eigenvalue weighted by Gasteiger charge is -2.13. The van der Waals surface area contributed by atoms with Crippen LogP contribution in [-0.4, -0.2) is 29.6 Å². The van der Waals surface area contributed by atoms with Crippen molar-refractivity contribution in [2.45, 2.75) is 26.3 Å². The largest absolute Gasteiger partial charge is 0.483 e. The van der Waals surface area contributed by atoms with Crippen LogP contribution >= 0.6 is 11.6 Å². The van der Waals surface area contributed by atoms with Gasteiger partial charge in [0, 0.05) is 16.6 Å². The number of benzene rings is 1. The Hall–Kier alpha value is -1.75. The first-order valence-electron chi connectivity index (χ1n) is 5.79. The molecule has 0 aliphatic heterocycles. The van der Waals surface area contributed by atoms with Crippen molar-refractivity contribution in [3.63, 3.8) is 0 Å². The predicted octanol–water partition coefficient (Wildman–Crippen LogP) is 2.01. The summed E-state index contributed by atoms with van der Waals surface area (Å²) in [4.78, 5) is 22.0. The standard InChI is InChI=1S/C13H16ClNO4/c1-8(6-13(17)18)15-12(16)7-19-11-5-3-4-10(14)9(11)2/h3-5,8H,6-7H2,1-2H3,(H,15,16)(H,17,18). The number of hydrogen-bond donors (Lipinski definition) is 2. The van der Waals surface area contributed by atoms with Gasteiger partial charge >= 0.3 is 5.97 Å². The van der Waals surface area contributed by atoms with E-state index in [-0.39, 0.29) is 18.9 Å². The summed E-state index contributed by atoms with van der Waals surface area (Å²) in [5.41, 5.74) is 0.760. The van der Waals surface area contributed by atoms with E-state index in [0.717, 1.165) is 5.56 Å². The van der Waals surface area contributed by atoms with E-state index in [0.29, 0.717) is 10.8 Å². The van der Waals surface area contributed by atoms with Crippen molar-refractivity contribution in [2.75, 3.05) is 6.61 Å². The first-order valence-corrected chi connectivity index (χ1v) is 6.17. The molecule has 0 fully saturated rings. The summed E-state index contributed by atoms with van der Waals surface area (Å²) < 4.78 is 5.34. The van der Waals surface area contributed by atoms with Crippen molar-refractivity contribution < 1.29 is 19.4 Å². The molecule has 0 saturated carbocycles. The van der Waals surface area contributed by atoms with Crippen LogP contribution in [0.2, 0.25) is 5.02 Å². The number of rotatable bonds is 6. The molecule has 0 aliphatic rings. The minimum absolute atomic E-state index is 0.123. The van der Waals surface area contributed by atoms with Crippen LogP contribution < -0.4 is 10.1 Å². The molecule has 5 nitrogen and oxygen atoms in total. The number of nitrogens with one attached hydrogen (secondary N) is 1. The Morgan fingerprint density at radius 2 is 2.16 bits per heavy atom. The van der Waals surface area contributed by atoms with E-state index in [1.54, 1.807) is 32.0 Å². The van der Waals surface area contributed by atoms with Gasteiger partial charge in [0.2, 0.25) is 0 Å². The predicted molar refractivity (Wildman–Crippen MR) is 71.5 cm³/mol. The fourth-order valence-corrected chi connectivity index (χ4v) is 1.68. The molecule has 0 aromatic heterocycles. The number of halogens is 1. The molecule has 1 atom stereocenters. The maximum Gasteiger partial charge on any atom is 0.305 e. The number of carboxylic acids is 1. The average Bonchev–Trinajstić information content (AvgIpc) is 2.30. The van der Waals surface area contributed by atoms with E-state index >= 15 is 0 Å². The summed E-state index contributed by atoms with van der Waals surface area (Å²) in [5, 5.41) is 11.7. The van der Waals surface area contributed by atoms with Gasteiger partial charge in [-0.1, -0.05) is 17.7 Å². The summed E-state index contributed by atoms with van der Waals surface area (Å²) >= 11 is 5.92. The number of ether oxygens (including phenoxy) is 1. The van der Waals surface area contributed by atoms with Gasteiger partial charge in [0.25, 0.3) is 5.91 Å². The summed E-state index contributed by atoms with van der Waals surface area (Å²) in [6, 6.07) is 4.75. The van der Waals surface area contributed by atoms with Crippen LogP contribution in [0.1, 0.15) is 18.9 Å². The van der Waals surface area contributed by atoms with Gasteiger partial charge in [0.15, 0.2) is 6.61 Å². The van der Waals surface area contributed by atoms with Crippen LogP contribution in [0.3, 0.4) is 0 Å². The third-order valence-corrected chi connectivity index (χ3v) is 2.87. The molecule has 1 aromatic rings. The minimum atomic E-state index is -0.959. The van der Waals surface area contributed by atoms with Gasteiger partial charge in [-0.2, -0.15) is 0 Å². The Kier molecular flexibility index (Phi) is 5.63. The Balaban J connectivity index is 2.46. The van der Waals surface area contributed by atoms with E-state index in [4.69, 9.17) is 21.4 Å². The number of carboxylic acid groups (broad SMARTS) is 1. The van der Waals surface area contributed by atoms with E-state index in [2.05, 4.69) is 5.32 Å². The Labute approximate surface area is 116 Å². The zero-order chi connectivity index (χ0) is 14.4. The molecule has 6 heteroatoms. The van der Waals surface area contributed by atoms with Gasteiger partial charge in [-0.3, -0.25) is 9.59 Å². The number of carbonyl (C=O) groups excluding carboxylic acids is 1. The second-order valence-corrected chi connectivity index (χ2v) is 4.63. The van der Waals surface area contributed by atoms with Crippen LogP contribution in [0.5, 0.6) is 5.75 Å². The van der Waals surface area contributed by atoms with Crippen molar-refractivity contribution in [3.05, 3.63) is 28.8 Å². The van der Waals surface area contributed by atoms with Crippen LogP contribution in [0, 0.1) is 6.92 Å². The quantitative estimate of drug-likeness (QED) is 0.838. The second-order valence-electron chi connectivity index (χ2n) is 4.22. The highest BCUT2D eigenvalue weighted by atomic mass is 35.5. The summed E-state index contributed by atoms with van der Waals surface area (Å²) in [5.74, 6) is -0.791. The molecule has 0 radical (unpaired) electrons. The number of amides is 1. The fraction of sp³-hybridized carbons (Fsp3) is 0.385. The van der Waals surface area contributed by atoms with Crippen molar-refractivity contribution >= 4 is 23.5 Å². The molecule has 0 aliphatic carbocycles. The first-order chi connectivity index (χ1) is 8.90. The maximum atomic E-state index is 11.5. The molecule has 19 heavy (non-hydrogen) atoms. The molecule has 1 rings (SSSR count). The Morgan fingerprint density at radius 1 is 1.47 bits per heavy atom. The summed E-state index contributed by atoms with van der Waals surface area (Å²) in [6.45, 7) is 3.24. The van der Waals surface area contributed by atoms with Gasteiger partial charge in [-0.05, 0) is 26.0 Å². The van der Waals surface area contributed by atoms with E-state index in [9.17, 15) is 9.59 Å². The van der Waals surface area contributed by atoms with Crippen LogP contribution in [0.15, 0.2) is 18.2 Å². The molecule has 1 amide bonds. The zero-order valence-corrected chi connectivity index (χ0v) is 11.5. The lowest BCUT2D eigenvalue weighted by Crippen LogP contribution is -2.37. The summed E-state index contributed by atoms with van der Waals surface area (Å²) in [6.07, 6.45) is -0.123. The van der Waals surface area contributed by atoms with Crippen LogP contribution in [-0.2, 0) is 9.59 Å². The number of aliphatic carboxylic acids is 1. The Bertz CT molecular complexity index is 476. The molecule has 0 heterocycles. The van der Waals surface area contributed by atoms with Crippen molar-refractivity contribution in [1.82, 2.24) is 5.32 Å². The van der Waals surface area contributed by atoms with Gasteiger partial charge in [-0.25, -0.2) is 0 Å². The van der Waals surface area contributed by atoms with Gasteiger partial charge in [0.1, 0.15) is 5.75 Å². The molecule has 2 N–H and O–H groups in total. The van der Waals surface area contributed by atoms with E-state index in [1.165, 1.54) is 0 Å². The molecule has 0 saturated heterocycles. The summed E-state index contributed by atoms with van der Waals surface area (Å²) in [7, 11) is 0. The molecule has 104 valence electrons. The second kappa shape index (κ2) is 6.99. The maximum absolute atomic E-state index is 11.5. The van der Waals surface area contributed by atoms with Crippen LogP contribution in [0.4, 0.5) is 0 Å². The number of hydrogen-bond acceptors (Lipinski definition) is 3. The highest BCUT2D eigenvalue weighted by molar-refractivity contribution is 6.31. The smallest absolute Gasteiger partial charge is 0.305 e. The highest BCUT2D eigenvalue weighted by Crippen LogP contribution is 2.24. The van der Waals surface area contributed by atoms with Crippen molar-refractivity contribution in [3.8, 4) is 5.75 Å². The van der Waals surface area contributed by atoms with E-state index < -0.39 is 12.0 Å². The van der Waals surface area contributed by atoms with E-state index in [1.807, 2.05) is 0 Å². The molecule has 1 aromatic carbocycles.